The van der Waals surface area contributed by atoms with E-state index in [0.717, 1.165) is 0 Å². The second-order valence-corrected chi connectivity index (χ2v) is 3.55. The molecule has 0 fully saturated rings. The van der Waals surface area contributed by atoms with E-state index in [1.54, 1.807) is 6.07 Å². The van der Waals surface area contributed by atoms with Gasteiger partial charge in [-0.1, -0.05) is 15.9 Å². The normalized spacial score (nSPS) is 10.0. The highest BCUT2D eigenvalue weighted by molar-refractivity contribution is 9.10. The molecule has 0 aliphatic carbocycles. The van der Waals surface area contributed by atoms with E-state index in [-0.39, 0.29) is 5.75 Å². The summed E-state index contributed by atoms with van der Waals surface area (Å²) in [5, 5.41) is 0. The molecule has 0 heterocycles. The lowest BCUT2D eigenvalue weighted by molar-refractivity contribution is 0.375. The zero-order valence-corrected chi connectivity index (χ0v) is 8.58. The first-order chi connectivity index (χ1) is 5.69. The lowest BCUT2D eigenvalue weighted by Gasteiger charge is -2.06. The smallest absolute Gasteiger partial charge is 0.170 e. The minimum atomic E-state index is -0.497. The summed E-state index contributed by atoms with van der Waals surface area (Å²) in [5.41, 5.74) is 0. The molecule has 1 N–H and O–H groups in total. The van der Waals surface area contributed by atoms with E-state index in [4.69, 9.17) is 9.29 Å². The quantitative estimate of drug-likeness (QED) is 0.821. The molecule has 2 nitrogen and oxygen atoms in total. The molecule has 0 spiro atoms. The molecule has 0 unspecified atom stereocenters. The Hall–Kier alpha value is -0.260. The fourth-order valence-corrected chi connectivity index (χ4v) is 1.83. The van der Waals surface area contributed by atoms with Gasteiger partial charge < -0.3 is 9.29 Å². The van der Waals surface area contributed by atoms with Crippen molar-refractivity contribution in [1.82, 2.24) is 0 Å². The summed E-state index contributed by atoms with van der Waals surface area (Å²) in [6, 6.07) is 2.85. The van der Waals surface area contributed by atoms with Crippen LogP contribution in [-0.4, -0.2) is 11.7 Å². The van der Waals surface area contributed by atoms with Crippen LogP contribution in [0.25, 0.3) is 0 Å². The van der Waals surface area contributed by atoms with Crippen LogP contribution in [0.3, 0.4) is 0 Å². The van der Waals surface area contributed by atoms with E-state index in [9.17, 15) is 4.39 Å². The van der Waals surface area contributed by atoms with E-state index < -0.39 is 5.82 Å². The second-order valence-electron chi connectivity index (χ2n) is 2.01. The summed E-state index contributed by atoms with van der Waals surface area (Å²) in [4.78, 5) is 0.351. The third-order valence-electron chi connectivity index (χ3n) is 1.28. The third-order valence-corrected chi connectivity index (χ3v) is 2.23. The number of ether oxygens (including phenoxy) is 1. The van der Waals surface area contributed by atoms with Crippen molar-refractivity contribution in [1.29, 1.82) is 0 Å². The molecule has 0 bridgehead atoms. The molecule has 66 valence electrons. The Balaban J connectivity index is 3.24. The van der Waals surface area contributed by atoms with Gasteiger partial charge in [-0.3, -0.25) is 0 Å². The SMILES string of the molecule is COc1c(F)cc(Br)cc1SO. The van der Waals surface area contributed by atoms with Gasteiger partial charge in [0.1, 0.15) is 0 Å². The molecule has 1 aromatic rings. The molecule has 0 saturated heterocycles. The molecule has 0 amide bonds. The molecule has 0 aromatic heterocycles. The molecule has 1 rings (SSSR count). The van der Waals surface area contributed by atoms with Gasteiger partial charge in [-0.2, -0.15) is 0 Å². The molecule has 0 saturated carbocycles. The van der Waals surface area contributed by atoms with Gasteiger partial charge in [0.15, 0.2) is 11.6 Å². The second kappa shape index (κ2) is 4.11. The lowest BCUT2D eigenvalue weighted by atomic mass is 10.3. The minimum absolute atomic E-state index is 0.0608. The van der Waals surface area contributed by atoms with Gasteiger partial charge in [0.2, 0.25) is 0 Å². The molecule has 0 aliphatic heterocycles. The van der Waals surface area contributed by atoms with Crippen molar-refractivity contribution in [2.24, 2.45) is 0 Å². The number of rotatable bonds is 2. The predicted octanol–water partition coefficient (Wildman–Crippen LogP) is 3.16. The maximum absolute atomic E-state index is 13.0. The van der Waals surface area contributed by atoms with Crippen LogP contribution in [0.4, 0.5) is 4.39 Å². The Morgan fingerprint density at radius 1 is 1.58 bits per heavy atom. The van der Waals surface area contributed by atoms with Crippen molar-refractivity contribution in [3.8, 4) is 5.75 Å². The lowest BCUT2D eigenvalue weighted by Crippen LogP contribution is -1.90. The Kier molecular flexibility index (Phi) is 3.37. The maximum Gasteiger partial charge on any atom is 0.170 e. The van der Waals surface area contributed by atoms with E-state index >= 15 is 0 Å². The number of halogens is 2. The van der Waals surface area contributed by atoms with Gasteiger partial charge >= 0.3 is 0 Å². The van der Waals surface area contributed by atoms with Crippen LogP contribution < -0.4 is 4.74 Å². The van der Waals surface area contributed by atoms with E-state index in [0.29, 0.717) is 21.4 Å². The molecule has 0 atom stereocenters. The zero-order chi connectivity index (χ0) is 9.14. The van der Waals surface area contributed by atoms with Gasteiger partial charge in [0.05, 0.1) is 12.0 Å². The number of hydrogen-bond donors (Lipinski definition) is 1. The third kappa shape index (κ3) is 1.91. The Labute approximate surface area is 82.1 Å². The van der Waals surface area contributed by atoms with E-state index in [1.807, 2.05) is 0 Å². The van der Waals surface area contributed by atoms with Crippen molar-refractivity contribution in [3.63, 3.8) is 0 Å². The molecule has 0 radical (unpaired) electrons. The van der Waals surface area contributed by atoms with Crippen LogP contribution in [-0.2, 0) is 0 Å². The average Bonchev–Trinajstić information content (AvgIpc) is 2.03. The molecule has 5 heteroatoms. The van der Waals surface area contributed by atoms with Crippen LogP contribution in [0.5, 0.6) is 5.75 Å². The van der Waals surface area contributed by atoms with Crippen LogP contribution >= 0.6 is 28.0 Å². The Morgan fingerprint density at radius 3 is 2.75 bits per heavy atom. The van der Waals surface area contributed by atoms with E-state index in [2.05, 4.69) is 15.9 Å². The largest absolute Gasteiger partial charge is 0.492 e. The number of benzene rings is 1. The standard InChI is InChI=1S/C7H6BrFO2S/c1-11-7-5(9)2-4(8)3-6(7)12-10/h2-3,10H,1H3. The first-order valence-electron chi connectivity index (χ1n) is 3.03. The van der Waals surface area contributed by atoms with Gasteiger partial charge in [-0.15, -0.1) is 0 Å². The molecular weight excluding hydrogens is 247 g/mol. The number of hydrogen-bond acceptors (Lipinski definition) is 3. The highest BCUT2D eigenvalue weighted by Gasteiger charge is 2.10. The van der Waals surface area contributed by atoms with Crippen LogP contribution in [0.2, 0.25) is 0 Å². The highest BCUT2D eigenvalue weighted by atomic mass is 79.9. The number of methoxy groups -OCH3 is 1. The Morgan fingerprint density at radius 2 is 2.25 bits per heavy atom. The maximum atomic E-state index is 13.0. The van der Waals surface area contributed by atoms with Gasteiger partial charge in [-0.05, 0) is 12.1 Å². The molecule has 12 heavy (non-hydrogen) atoms. The van der Waals surface area contributed by atoms with Crippen molar-refractivity contribution in [2.45, 2.75) is 4.90 Å². The predicted molar refractivity (Wildman–Crippen MR) is 49.1 cm³/mol. The van der Waals surface area contributed by atoms with Crippen molar-refractivity contribution < 1.29 is 13.7 Å². The summed E-state index contributed by atoms with van der Waals surface area (Å²) in [5.74, 6) is -0.436. The monoisotopic (exact) mass is 252 g/mol. The summed E-state index contributed by atoms with van der Waals surface area (Å²) >= 11 is 3.55. The zero-order valence-electron chi connectivity index (χ0n) is 6.17. The first kappa shape index (κ1) is 9.83. The van der Waals surface area contributed by atoms with Gasteiger partial charge in [0, 0.05) is 16.5 Å². The first-order valence-corrected chi connectivity index (χ1v) is 4.60. The van der Waals surface area contributed by atoms with Crippen LogP contribution in [0.15, 0.2) is 21.5 Å². The average molecular weight is 253 g/mol. The van der Waals surface area contributed by atoms with Crippen molar-refractivity contribution in [2.75, 3.05) is 7.11 Å². The van der Waals surface area contributed by atoms with Crippen LogP contribution in [0, 0.1) is 5.82 Å². The summed E-state index contributed by atoms with van der Waals surface area (Å²) in [6.45, 7) is 0. The van der Waals surface area contributed by atoms with Gasteiger partial charge in [-0.25, -0.2) is 4.39 Å². The Bertz CT molecular complexity index is 293. The fourth-order valence-electron chi connectivity index (χ4n) is 0.803. The topological polar surface area (TPSA) is 29.5 Å². The minimum Gasteiger partial charge on any atom is -0.492 e. The van der Waals surface area contributed by atoms with Gasteiger partial charge in [0.25, 0.3) is 0 Å². The van der Waals surface area contributed by atoms with E-state index in [1.165, 1.54) is 13.2 Å². The van der Waals surface area contributed by atoms with Crippen molar-refractivity contribution in [3.05, 3.63) is 22.4 Å². The molecule has 0 aliphatic rings. The molecule has 1 aromatic carbocycles. The fraction of sp³-hybridized carbons (Fsp3) is 0.143. The summed E-state index contributed by atoms with van der Waals surface area (Å²) in [7, 11) is 1.35. The summed E-state index contributed by atoms with van der Waals surface area (Å²) in [6.07, 6.45) is 0. The van der Waals surface area contributed by atoms with Crippen LogP contribution in [0.1, 0.15) is 0 Å². The summed E-state index contributed by atoms with van der Waals surface area (Å²) < 4.78 is 27.1. The molecular formula is C7H6BrFO2S. The highest BCUT2D eigenvalue weighted by Crippen LogP contribution is 2.32. The van der Waals surface area contributed by atoms with Crippen molar-refractivity contribution >= 4 is 28.0 Å².